The third-order valence-electron chi connectivity index (χ3n) is 2.85. The topological polar surface area (TPSA) is 96.6 Å². The van der Waals surface area contributed by atoms with Gasteiger partial charge in [0, 0.05) is 32.9 Å². The molecule has 124 valence electrons. The molecule has 0 aliphatic carbocycles. The van der Waals surface area contributed by atoms with E-state index in [1.165, 1.54) is 18.3 Å². The summed E-state index contributed by atoms with van der Waals surface area (Å²) in [7, 11) is 0. The third-order valence-corrected chi connectivity index (χ3v) is 3.75. The Morgan fingerprint density at radius 1 is 1.33 bits per heavy atom. The minimum atomic E-state index is -0.496. The Kier molecular flexibility index (Phi) is 6.28. The summed E-state index contributed by atoms with van der Waals surface area (Å²) in [6.07, 6.45) is 1.34. The fraction of sp³-hybridized carbons (Fsp3) is 0.0667. The van der Waals surface area contributed by atoms with E-state index in [4.69, 9.17) is 11.6 Å². The zero-order chi connectivity index (χ0) is 17.5. The van der Waals surface area contributed by atoms with E-state index in [-0.39, 0.29) is 18.1 Å². The SMILES string of the molecule is O=C(CNc1ccc(Cl)cc1Br)N/N=C/c1cccc([N+](=O)[O-])c1. The van der Waals surface area contributed by atoms with Crippen molar-refractivity contribution < 1.29 is 9.72 Å². The molecule has 2 aromatic rings. The summed E-state index contributed by atoms with van der Waals surface area (Å²) in [5, 5.41) is 18.0. The van der Waals surface area contributed by atoms with Gasteiger partial charge in [0.1, 0.15) is 0 Å². The van der Waals surface area contributed by atoms with E-state index in [2.05, 4.69) is 31.8 Å². The summed E-state index contributed by atoms with van der Waals surface area (Å²) in [5.41, 5.74) is 3.53. The largest absolute Gasteiger partial charge is 0.375 e. The van der Waals surface area contributed by atoms with Crippen LogP contribution in [0.1, 0.15) is 5.56 Å². The molecule has 0 fully saturated rings. The molecule has 0 bridgehead atoms. The second-order valence-electron chi connectivity index (χ2n) is 4.62. The van der Waals surface area contributed by atoms with Crippen LogP contribution in [0.5, 0.6) is 0 Å². The lowest BCUT2D eigenvalue weighted by Gasteiger charge is -2.07. The monoisotopic (exact) mass is 410 g/mol. The molecule has 0 saturated carbocycles. The summed E-state index contributed by atoms with van der Waals surface area (Å²) < 4.78 is 0.739. The van der Waals surface area contributed by atoms with Crippen LogP contribution < -0.4 is 10.7 Å². The van der Waals surface area contributed by atoms with Crippen LogP contribution in [0.25, 0.3) is 0 Å². The molecular formula is C15H12BrClN4O3. The van der Waals surface area contributed by atoms with Gasteiger partial charge in [-0.1, -0.05) is 23.7 Å². The number of halogens is 2. The summed E-state index contributed by atoms with van der Waals surface area (Å²) in [6, 6.07) is 11.1. The Balaban J connectivity index is 1.86. The van der Waals surface area contributed by atoms with Gasteiger partial charge < -0.3 is 5.32 Å². The van der Waals surface area contributed by atoms with Gasteiger partial charge in [0.2, 0.25) is 0 Å². The van der Waals surface area contributed by atoms with Crippen molar-refractivity contribution in [3.8, 4) is 0 Å². The maximum Gasteiger partial charge on any atom is 0.270 e. The van der Waals surface area contributed by atoms with E-state index >= 15 is 0 Å². The summed E-state index contributed by atoms with van der Waals surface area (Å²) in [4.78, 5) is 21.9. The van der Waals surface area contributed by atoms with E-state index in [0.717, 1.165) is 10.2 Å². The number of amides is 1. The van der Waals surface area contributed by atoms with Gasteiger partial charge in [-0.3, -0.25) is 14.9 Å². The van der Waals surface area contributed by atoms with Crippen molar-refractivity contribution in [3.63, 3.8) is 0 Å². The molecule has 2 aromatic carbocycles. The molecule has 1 amide bonds. The lowest BCUT2D eigenvalue weighted by Crippen LogP contribution is -2.26. The van der Waals surface area contributed by atoms with Crippen molar-refractivity contribution in [2.24, 2.45) is 5.10 Å². The minimum absolute atomic E-state index is 0.00646. The molecule has 0 unspecified atom stereocenters. The molecule has 0 radical (unpaired) electrons. The first-order valence-electron chi connectivity index (χ1n) is 6.71. The second kappa shape index (κ2) is 8.42. The Labute approximate surface area is 151 Å². The molecule has 0 saturated heterocycles. The van der Waals surface area contributed by atoms with Crippen molar-refractivity contribution >= 4 is 51.0 Å². The molecule has 7 nitrogen and oxygen atoms in total. The van der Waals surface area contributed by atoms with Crippen molar-refractivity contribution in [2.45, 2.75) is 0 Å². The second-order valence-corrected chi connectivity index (χ2v) is 5.91. The number of nitro groups is 1. The Hall–Kier alpha value is -2.45. The zero-order valence-corrected chi connectivity index (χ0v) is 14.5. The van der Waals surface area contributed by atoms with Crippen LogP contribution >= 0.6 is 27.5 Å². The maximum absolute atomic E-state index is 11.7. The number of carbonyl (C=O) groups excluding carboxylic acids is 1. The van der Waals surface area contributed by atoms with Gasteiger partial charge in [-0.25, -0.2) is 5.43 Å². The number of nitro benzene ring substituents is 1. The number of nitrogens with one attached hydrogen (secondary N) is 2. The Morgan fingerprint density at radius 3 is 2.83 bits per heavy atom. The molecule has 0 aromatic heterocycles. The fourth-order valence-corrected chi connectivity index (χ4v) is 2.57. The van der Waals surface area contributed by atoms with Crippen molar-refractivity contribution in [3.05, 3.63) is 67.6 Å². The first kappa shape index (κ1) is 17.9. The smallest absolute Gasteiger partial charge is 0.270 e. The van der Waals surface area contributed by atoms with Crippen LogP contribution in [0.4, 0.5) is 11.4 Å². The molecule has 0 heterocycles. The third kappa shape index (κ3) is 5.32. The molecule has 0 aliphatic rings. The summed E-state index contributed by atoms with van der Waals surface area (Å²) >= 11 is 9.17. The molecule has 0 aliphatic heterocycles. The van der Waals surface area contributed by atoms with Crippen molar-refractivity contribution in [1.29, 1.82) is 0 Å². The van der Waals surface area contributed by atoms with Gasteiger partial charge >= 0.3 is 0 Å². The van der Waals surface area contributed by atoms with Crippen LogP contribution in [0.3, 0.4) is 0 Å². The van der Waals surface area contributed by atoms with Crippen molar-refractivity contribution in [2.75, 3.05) is 11.9 Å². The quantitative estimate of drug-likeness (QED) is 0.431. The first-order chi connectivity index (χ1) is 11.5. The summed E-state index contributed by atoms with van der Waals surface area (Å²) in [6.45, 7) is 0.00646. The van der Waals surface area contributed by atoms with Crippen LogP contribution in [0.15, 0.2) is 52.0 Å². The predicted octanol–water partition coefficient (Wildman–Crippen LogP) is 3.57. The first-order valence-corrected chi connectivity index (χ1v) is 7.88. The molecule has 24 heavy (non-hydrogen) atoms. The van der Waals surface area contributed by atoms with Gasteiger partial charge in [-0.05, 0) is 34.1 Å². The average Bonchev–Trinajstić information content (AvgIpc) is 2.54. The molecule has 0 spiro atoms. The van der Waals surface area contributed by atoms with Gasteiger partial charge in [0.05, 0.1) is 17.7 Å². The van der Waals surface area contributed by atoms with E-state index < -0.39 is 4.92 Å². The highest BCUT2D eigenvalue weighted by Gasteiger charge is 2.05. The van der Waals surface area contributed by atoms with E-state index in [0.29, 0.717) is 10.6 Å². The standard InChI is InChI=1S/C15H12BrClN4O3/c16-13-7-11(17)4-5-14(13)18-9-15(22)20-19-8-10-2-1-3-12(6-10)21(23)24/h1-8,18H,9H2,(H,20,22)/b19-8+. The number of benzene rings is 2. The van der Waals surface area contributed by atoms with Crippen LogP contribution in [0, 0.1) is 10.1 Å². The van der Waals surface area contributed by atoms with Gasteiger partial charge in [-0.15, -0.1) is 0 Å². The minimum Gasteiger partial charge on any atom is -0.375 e. The number of hydrogen-bond acceptors (Lipinski definition) is 5. The molecule has 2 rings (SSSR count). The lowest BCUT2D eigenvalue weighted by molar-refractivity contribution is -0.384. The van der Waals surface area contributed by atoms with Crippen LogP contribution in [0.2, 0.25) is 5.02 Å². The predicted molar refractivity (Wildman–Crippen MR) is 96.5 cm³/mol. The van der Waals surface area contributed by atoms with E-state index in [1.807, 2.05) is 0 Å². The molecule has 2 N–H and O–H groups in total. The number of anilines is 1. The average molecular weight is 412 g/mol. The molecule has 0 atom stereocenters. The number of carbonyl (C=O) groups is 1. The highest BCUT2D eigenvalue weighted by molar-refractivity contribution is 9.10. The number of nitrogens with zero attached hydrogens (tertiary/aromatic N) is 2. The normalized spacial score (nSPS) is 10.6. The zero-order valence-electron chi connectivity index (χ0n) is 12.2. The van der Waals surface area contributed by atoms with Gasteiger partial charge in [0.25, 0.3) is 11.6 Å². The number of hydrazone groups is 1. The molecular weight excluding hydrogens is 400 g/mol. The highest BCUT2D eigenvalue weighted by Crippen LogP contribution is 2.25. The van der Waals surface area contributed by atoms with Crippen LogP contribution in [-0.2, 0) is 4.79 Å². The van der Waals surface area contributed by atoms with E-state index in [1.54, 1.807) is 30.3 Å². The van der Waals surface area contributed by atoms with E-state index in [9.17, 15) is 14.9 Å². The number of non-ortho nitro benzene ring substituents is 1. The Bertz CT molecular complexity index is 798. The highest BCUT2D eigenvalue weighted by atomic mass is 79.9. The van der Waals surface area contributed by atoms with Crippen LogP contribution in [-0.4, -0.2) is 23.6 Å². The number of rotatable bonds is 6. The fourth-order valence-electron chi connectivity index (χ4n) is 1.75. The number of hydrogen-bond donors (Lipinski definition) is 2. The van der Waals surface area contributed by atoms with Gasteiger partial charge in [-0.2, -0.15) is 5.10 Å². The van der Waals surface area contributed by atoms with Crippen molar-refractivity contribution in [1.82, 2.24) is 5.43 Å². The maximum atomic E-state index is 11.7. The lowest BCUT2D eigenvalue weighted by atomic mass is 10.2. The molecule has 9 heteroatoms. The summed E-state index contributed by atoms with van der Waals surface area (Å²) in [5.74, 6) is -0.362. The Morgan fingerprint density at radius 2 is 2.12 bits per heavy atom. The van der Waals surface area contributed by atoms with Gasteiger partial charge in [0.15, 0.2) is 0 Å².